The molecule has 0 aliphatic heterocycles. The minimum absolute atomic E-state index is 0.478. The van der Waals surface area contributed by atoms with Crippen molar-refractivity contribution in [2.75, 3.05) is 13.7 Å². The zero-order valence-electron chi connectivity index (χ0n) is 6.25. The van der Waals surface area contributed by atoms with Gasteiger partial charge < -0.3 is 4.74 Å². The Morgan fingerprint density at radius 3 is 3.00 bits per heavy atom. The van der Waals surface area contributed by atoms with E-state index in [0.29, 0.717) is 11.8 Å². The zero-order chi connectivity index (χ0) is 8.10. The molecule has 0 unspecified atom stereocenters. The third kappa shape index (κ3) is 2.82. The molecule has 0 aromatic carbocycles. The van der Waals surface area contributed by atoms with Crippen LogP contribution in [-0.4, -0.2) is 23.7 Å². The third-order valence-corrected chi connectivity index (χ3v) is 1.46. The fourth-order valence-corrected chi connectivity index (χ4v) is 0.883. The van der Waals surface area contributed by atoms with Crippen molar-refractivity contribution in [3.63, 3.8) is 0 Å². The summed E-state index contributed by atoms with van der Waals surface area (Å²) in [4.78, 5) is 7.76. The van der Waals surface area contributed by atoms with Gasteiger partial charge in [0, 0.05) is 19.2 Å². The van der Waals surface area contributed by atoms with Crippen molar-refractivity contribution in [2.45, 2.75) is 6.42 Å². The first-order valence-corrected chi connectivity index (χ1v) is 3.66. The monoisotopic (exact) mass is 172 g/mol. The highest BCUT2D eigenvalue weighted by Crippen LogP contribution is 2.04. The van der Waals surface area contributed by atoms with Crippen molar-refractivity contribution in [3.05, 3.63) is 23.2 Å². The lowest BCUT2D eigenvalue weighted by Gasteiger charge is -1.97. The molecule has 0 aliphatic rings. The molecule has 3 nitrogen and oxygen atoms in total. The molecular formula is C7H9ClN2O. The topological polar surface area (TPSA) is 35.0 Å². The Morgan fingerprint density at radius 2 is 2.36 bits per heavy atom. The number of ether oxygens (including phenoxy) is 1. The highest BCUT2D eigenvalue weighted by atomic mass is 35.5. The molecule has 0 saturated carbocycles. The minimum Gasteiger partial charge on any atom is -0.384 e. The summed E-state index contributed by atoms with van der Waals surface area (Å²) in [5.74, 6) is 0. The molecule has 1 heterocycles. The van der Waals surface area contributed by atoms with Crippen molar-refractivity contribution in [2.24, 2.45) is 0 Å². The van der Waals surface area contributed by atoms with Gasteiger partial charge in [-0.15, -0.1) is 0 Å². The quantitative estimate of drug-likeness (QED) is 0.645. The van der Waals surface area contributed by atoms with Gasteiger partial charge in [-0.2, -0.15) is 0 Å². The molecule has 0 atom stereocenters. The lowest BCUT2D eigenvalue weighted by atomic mass is 10.3. The highest BCUT2D eigenvalue weighted by Gasteiger charge is 1.94. The molecule has 0 spiro atoms. The van der Waals surface area contributed by atoms with Gasteiger partial charge >= 0.3 is 0 Å². The Hall–Kier alpha value is -0.670. The number of methoxy groups -OCH3 is 1. The van der Waals surface area contributed by atoms with E-state index in [1.165, 1.54) is 6.33 Å². The Labute approximate surface area is 70.4 Å². The smallest absolute Gasteiger partial charge is 0.132 e. The molecule has 0 aliphatic carbocycles. The highest BCUT2D eigenvalue weighted by molar-refractivity contribution is 6.29. The molecule has 1 aromatic heterocycles. The first-order chi connectivity index (χ1) is 5.33. The van der Waals surface area contributed by atoms with Gasteiger partial charge in [-0.05, 0) is 6.07 Å². The van der Waals surface area contributed by atoms with Crippen LogP contribution in [-0.2, 0) is 11.2 Å². The van der Waals surface area contributed by atoms with Gasteiger partial charge in [0.1, 0.15) is 11.5 Å². The van der Waals surface area contributed by atoms with E-state index in [1.807, 2.05) is 0 Å². The second-order valence-corrected chi connectivity index (χ2v) is 2.46. The summed E-state index contributed by atoms with van der Waals surface area (Å²) in [5.41, 5.74) is 0.909. The van der Waals surface area contributed by atoms with E-state index in [0.717, 1.165) is 12.1 Å². The Kier molecular flexibility index (Phi) is 3.26. The van der Waals surface area contributed by atoms with E-state index in [1.54, 1.807) is 13.2 Å². The van der Waals surface area contributed by atoms with E-state index in [4.69, 9.17) is 16.3 Å². The summed E-state index contributed by atoms with van der Waals surface area (Å²) in [6, 6.07) is 1.74. The maximum atomic E-state index is 5.63. The molecule has 0 saturated heterocycles. The van der Waals surface area contributed by atoms with E-state index in [9.17, 15) is 0 Å². The molecule has 1 rings (SSSR count). The van der Waals surface area contributed by atoms with Crippen LogP contribution in [0.25, 0.3) is 0 Å². The average Bonchev–Trinajstić information content (AvgIpc) is 2.01. The van der Waals surface area contributed by atoms with Gasteiger partial charge in [0.15, 0.2) is 0 Å². The summed E-state index contributed by atoms with van der Waals surface area (Å²) < 4.78 is 4.88. The van der Waals surface area contributed by atoms with E-state index in [-0.39, 0.29) is 0 Å². The van der Waals surface area contributed by atoms with Crippen molar-refractivity contribution in [1.82, 2.24) is 9.97 Å². The second kappa shape index (κ2) is 4.26. The minimum atomic E-state index is 0.478. The van der Waals surface area contributed by atoms with Crippen LogP contribution in [0.4, 0.5) is 0 Å². The number of hydrogen-bond acceptors (Lipinski definition) is 3. The lowest BCUT2D eigenvalue weighted by molar-refractivity contribution is 0.201. The number of halogens is 1. The molecule has 1 aromatic rings. The summed E-state index contributed by atoms with van der Waals surface area (Å²) in [6.45, 7) is 0.660. The normalized spacial score (nSPS) is 10.0. The van der Waals surface area contributed by atoms with Crippen LogP contribution in [0.2, 0.25) is 5.15 Å². The Morgan fingerprint density at radius 1 is 1.55 bits per heavy atom. The predicted molar refractivity (Wildman–Crippen MR) is 42.6 cm³/mol. The summed E-state index contributed by atoms with van der Waals surface area (Å²) in [5, 5.41) is 0.478. The first-order valence-electron chi connectivity index (χ1n) is 3.28. The molecule has 0 radical (unpaired) electrons. The van der Waals surface area contributed by atoms with Gasteiger partial charge in [0.2, 0.25) is 0 Å². The van der Waals surface area contributed by atoms with Gasteiger partial charge in [0.25, 0.3) is 0 Å². The van der Waals surface area contributed by atoms with Crippen LogP contribution in [0.5, 0.6) is 0 Å². The zero-order valence-corrected chi connectivity index (χ0v) is 7.01. The number of aromatic nitrogens is 2. The summed E-state index contributed by atoms with van der Waals surface area (Å²) in [6.07, 6.45) is 2.23. The van der Waals surface area contributed by atoms with E-state index < -0.39 is 0 Å². The molecule has 0 bridgehead atoms. The maximum Gasteiger partial charge on any atom is 0.132 e. The van der Waals surface area contributed by atoms with Gasteiger partial charge in [-0.3, -0.25) is 0 Å². The van der Waals surface area contributed by atoms with Crippen LogP contribution in [0.15, 0.2) is 12.4 Å². The molecule has 0 fully saturated rings. The molecule has 0 amide bonds. The summed E-state index contributed by atoms with van der Waals surface area (Å²) >= 11 is 5.63. The van der Waals surface area contributed by atoms with Crippen molar-refractivity contribution in [3.8, 4) is 0 Å². The SMILES string of the molecule is COCCc1cc(Cl)ncn1. The fourth-order valence-electron chi connectivity index (χ4n) is 0.714. The standard InChI is InChI=1S/C7H9ClN2O/c1-11-3-2-6-4-7(8)10-5-9-6/h4-5H,2-3H2,1H3. The summed E-state index contributed by atoms with van der Waals surface area (Å²) in [7, 11) is 1.66. The van der Waals surface area contributed by atoms with Crippen molar-refractivity contribution in [1.29, 1.82) is 0 Å². The average molecular weight is 173 g/mol. The van der Waals surface area contributed by atoms with E-state index in [2.05, 4.69) is 9.97 Å². The predicted octanol–water partition coefficient (Wildman–Crippen LogP) is 1.32. The second-order valence-electron chi connectivity index (χ2n) is 2.07. The number of rotatable bonds is 3. The molecular weight excluding hydrogens is 164 g/mol. The van der Waals surface area contributed by atoms with Gasteiger partial charge in [-0.25, -0.2) is 9.97 Å². The third-order valence-electron chi connectivity index (χ3n) is 1.25. The fraction of sp³-hybridized carbons (Fsp3) is 0.429. The van der Waals surface area contributed by atoms with Crippen LogP contribution < -0.4 is 0 Å². The van der Waals surface area contributed by atoms with Gasteiger partial charge in [-0.1, -0.05) is 11.6 Å². The van der Waals surface area contributed by atoms with Crippen LogP contribution in [0, 0.1) is 0 Å². The molecule has 60 valence electrons. The van der Waals surface area contributed by atoms with Gasteiger partial charge in [0.05, 0.1) is 6.61 Å². The largest absolute Gasteiger partial charge is 0.384 e. The first kappa shape index (κ1) is 8.43. The molecule has 4 heteroatoms. The number of hydrogen-bond donors (Lipinski definition) is 0. The van der Waals surface area contributed by atoms with Crippen molar-refractivity contribution < 1.29 is 4.74 Å². The Bertz CT molecular complexity index is 229. The lowest BCUT2D eigenvalue weighted by Crippen LogP contribution is -1.97. The maximum absolute atomic E-state index is 5.63. The van der Waals surface area contributed by atoms with Crippen LogP contribution >= 0.6 is 11.6 Å². The van der Waals surface area contributed by atoms with E-state index >= 15 is 0 Å². The van der Waals surface area contributed by atoms with Crippen LogP contribution in [0.1, 0.15) is 5.69 Å². The van der Waals surface area contributed by atoms with Crippen LogP contribution in [0.3, 0.4) is 0 Å². The molecule has 11 heavy (non-hydrogen) atoms. The van der Waals surface area contributed by atoms with Crippen molar-refractivity contribution >= 4 is 11.6 Å². The number of nitrogens with zero attached hydrogens (tertiary/aromatic N) is 2. The Balaban J connectivity index is 2.56. The molecule has 0 N–H and O–H groups in total.